The molecule has 3 rings (SSSR count). The molecule has 1 aliphatic rings. The van der Waals surface area contributed by atoms with Crippen LogP contribution in [0.25, 0.3) is 0 Å². The van der Waals surface area contributed by atoms with Gasteiger partial charge < -0.3 is 10.1 Å². The summed E-state index contributed by atoms with van der Waals surface area (Å²) < 4.78 is 7.02. The van der Waals surface area contributed by atoms with Gasteiger partial charge in [-0.25, -0.2) is 4.79 Å². The first-order valence-corrected chi connectivity index (χ1v) is 10.5. The predicted octanol–water partition coefficient (Wildman–Crippen LogP) is 4.05. The van der Waals surface area contributed by atoms with Gasteiger partial charge in [-0.2, -0.15) is 5.10 Å². The Balaban J connectivity index is 1.61. The zero-order chi connectivity index (χ0) is 21.0. The number of hydrogen-bond acceptors (Lipinski definition) is 4. The maximum Gasteiger partial charge on any atom is 0.342 e. The van der Waals surface area contributed by atoms with Gasteiger partial charge in [0.05, 0.1) is 17.9 Å². The Morgan fingerprint density at radius 1 is 1.24 bits per heavy atom. The van der Waals surface area contributed by atoms with Gasteiger partial charge in [-0.15, -0.1) is 0 Å². The summed E-state index contributed by atoms with van der Waals surface area (Å²) in [6.07, 6.45) is 4.43. The number of aryl methyl sites for hydroxylation is 1. The molecule has 29 heavy (non-hydrogen) atoms. The smallest absolute Gasteiger partial charge is 0.342 e. The van der Waals surface area contributed by atoms with Gasteiger partial charge in [0.2, 0.25) is 0 Å². The number of rotatable bonds is 6. The van der Waals surface area contributed by atoms with Crippen LogP contribution in [0.15, 0.2) is 24.3 Å². The normalized spacial score (nSPS) is 19.0. The van der Waals surface area contributed by atoms with Gasteiger partial charge in [0.25, 0.3) is 5.91 Å². The standard InChI is InChI=1S/C22H28ClN3O3/c1-14-8-4-7-11-19(14)24-20(27)13-29-22(28)21-15(2)25-26(16(21)3)12-17-9-5-6-10-18(17)23/h5-6,9-10,14,19H,4,7-8,11-13H2,1-3H3,(H,24,27)/t14-,19+/m0/s1. The van der Waals surface area contributed by atoms with Gasteiger partial charge in [-0.1, -0.05) is 49.6 Å². The molecule has 6 nitrogen and oxygen atoms in total. The number of halogens is 1. The molecule has 1 N–H and O–H groups in total. The van der Waals surface area contributed by atoms with Crippen LogP contribution < -0.4 is 5.32 Å². The van der Waals surface area contributed by atoms with Crippen LogP contribution in [0.4, 0.5) is 0 Å². The van der Waals surface area contributed by atoms with E-state index in [1.54, 1.807) is 11.6 Å². The number of ether oxygens (including phenoxy) is 1. The summed E-state index contributed by atoms with van der Waals surface area (Å²) >= 11 is 6.23. The molecule has 2 aromatic rings. The Morgan fingerprint density at radius 3 is 2.69 bits per heavy atom. The molecule has 1 aromatic heterocycles. The highest BCUT2D eigenvalue weighted by Crippen LogP contribution is 2.24. The molecule has 7 heteroatoms. The number of amides is 1. The van der Waals surface area contributed by atoms with Crippen LogP contribution in [0, 0.1) is 19.8 Å². The molecule has 0 bridgehead atoms. The molecule has 1 heterocycles. The van der Waals surface area contributed by atoms with Crippen LogP contribution in [0.2, 0.25) is 5.02 Å². The third kappa shape index (κ3) is 5.18. The highest BCUT2D eigenvalue weighted by atomic mass is 35.5. The van der Waals surface area contributed by atoms with E-state index in [4.69, 9.17) is 16.3 Å². The maximum absolute atomic E-state index is 12.6. The van der Waals surface area contributed by atoms with E-state index in [0.717, 1.165) is 24.8 Å². The lowest BCUT2D eigenvalue weighted by atomic mass is 9.86. The van der Waals surface area contributed by atoms with Crippen molar-refractivity contribution in [3.05, 3.63) is 51.8 Å². The molecule has 0 radical (unpaired) electrons. The first-order valence-electron chi connectivity index (χ1n) is 10.1. The molecule has 0 aliphatic heterocycles. The molecule has 156 valence electrons. The summed E-state index contributed by atoms with van der Waals surface area (Å²) in [5.41, 5.74) is 2.58. The first-order chi connectivity index (χ1) is 13.9. The van der Waals surface area contributed by atoms with Crippen LogP contribution in [-0.2, 0) is 16.1 Å². The summed E-state index contributed by atoms with van der Waals surface area (Å²) in [5.74, 6) is -0.330. The summed E-state index contributed by atoms with van der Waals surface area (Å²) in [6, 6.07) is 7.69. The number of carbonyl (C=O) groups is 2. The molecule has 1 aromatic carbocycles. The quantitative estimate of drug-likeness (QED) is 0.719. The van der Waals surface area contributed by atoms with Gasteiger partial charge in [0, 0.05) is 11.1 Å². The summed E-state index contributed by atoms with van der Waals surface area (Å²) in [5, 5.41) is 8.10. The monoisotopic (exact) mass is 417 g/mol. The molecule has 1 fully saturated rings. The fourth-order valence-corrected chi connectivity index (χ4v) is 4.11. The third-order valence-corrected chi connectivity index (χ3v) is 6.02. The number of aromatic nitrogens is 2. The van der Waals surface area contributed by atoms with E-state index in [9.17, 15) is 9.59 Å². The highest BCUT2D eigenvalue weighted by Gasteiger charge is 2.25. The minimum Gasteiger partial charge on any atom is -0.452 e. The van der Waals surface area contributed by atoms with E-state index in [-0.39, 0.29) is 18.6 Å². The van der Waals surface area contributed by atoms with Gasteiger partial charge in [0.1, 0.15) is 5.56 Å². The number of carbonyl (C=O) groups excluding carboxylic acids is 2. The second-order valence-electron chi connectivity index (χ2n) is 7.81. The van der Waals surface area contributed by atoms with Gasteiger partial charge in [0.15, 0.2) is 6.61 Å². The van der Waals surface area contributed by atoms with E-state index in [2.05, 4.69) is 17.3 Å². The van der Waals surface area contributed by atoms with E-state index in [0.29, 0.717) is 34.4 Å². The van der Waals surface area contributed by atoms with Crippen molar-refractivity contribution in [2.75, 3.05) is 6.61 Å². The van der Waals surface area contributed by atoms with Crippen molar-refractivity contribution in [2.45, 2.75) is 59.0 Å². The number of hydrogen-bond donors (Lipinski definition) is 1. The fraction of sp³-hybridized carbons (Fsp3) is 0.500. The molecule has 0 spiro atoms. The molecule has 0 saturated heterocycles. The summed E-state index contributed by atoms with van der Waals surface area (Å²) in [4.78, 5) is 24.8. The second-order valence-corrected chi connectivity index (χ2v) is 8.21. The van der Waals surface area contributed by atoms with Crippen molar-refractivity contribution >= 4 is 23.5 Å². The predicted molar refractivity (Wildman–Crippen MR) is 112 cm³/mol. The van der Waals surface area contributed by atoms with Crippen molar-refractivity contribution in [3.8, 4) is 0 Å². The Labute approximate surface area is 176 Å². The lowest BCUT2D eigenvalue weighted by Gasteiger charge is -2.29. The van der Waals surface area contributed by atoms with Crippen LogP contribution in [0.1, 0.15) is 59.9 Å². The maximum atomic E-state index is 12.6. The van der Waals surface area contributed by atoms with Crippen LogP contribution >= 0.6 is 11.6 Å². The van der Waals surface area contributed by atoms with E-state index in [1.807, 2.05) is 31.2 Å². The molecule has 0 unspecified atom stereocenters. The minimum atomic E-state index is -0.530. The average Bonchev–Trinajstić information content (AvgIpc) is 2.97. The Kier molecular flexibility index (Phi) is 6.96. The number of nitrogens with zero attached hydrogens (tertiary/aromatic N) is 2. The van der Waals surface area contributed by atoms with Gasteiger partial charge in [-0.3, -0.25) is 9.48 Å². The number of esters is 1. The fourth-order valence-electron chi connectivity index (χ4n) is 3.92. The van der Waals surface area contributed by atoms with Crippen molar-refractivity contribution < 1.29 is 14.3 Å². The summed E-state index contributed by atoms with van der Waals surface area (Å²) in [6.45, 7) is 5.90. The SMILES string of the molecule is Cc1nn(Cc2ccccc2Cl)c(C)c1C(=O)OCC(=O)N[C@@H]1CCCC[C@@H]1C. The average molecular weight is 418 g/mol. The highest BCUT2D eigenvalue weighted by molar-refractivity contribution is 6.31. The van der Waals surface area contributed by atoms with E-state index < -0.39 is 5.97 Å². The third-order valence-electron chi connectivity index (χ3n) is 5.66. The lowest BCUT2D eigenvalue weighted by Crippen LogP contribution is -2.42. The van der Waals surface area contributed by atoms with Gasteiger partial charge >= 0.3 is 5.97 Å². The first kappa shape index (κ1) is 21.4. The summed E-state index contributed by atoms with van der Waals surface area (Å²) in [7, 11) is 0. The molecule has 1 saturated carbocycles. The number of benzene rings is 1. The van der Waals surface area contributed by atoms with E-state index >= 15 is 0 Å². The molecule has 1 aliphatic carbocycles. The Hall–Kier alpha value is -2.34. The molecular weight excluding hydrogens is 390 g/mol. The van der Waals surface area contributed by atoms with Crippen molar-refractivity contribution in [1.82, 2.24) is 15.1 Å². The lowest BCUT2D eigenvalue weighted by molar-refractivity contribution is -0.125. The molecular formula is C22H28ClN3O3. The second kappa shape index (κ2) is 9.44. The van der Waals surface area contributed by atoms with E-state index in [1.165, 1.54) is 6.42 Å². The van der Waals surface area contributed by atoms with Crippen LogP contribution in [0.3, 0.4) is 0 Å². The number of nitrogens with one attached hydrogen (secondary N) is 1. The molecule has 2 atom stereocenters. The van der Waals surface area contributed by atoms with Crippen molar-refractivity contribution in [1.29, 1.82) is 0 Å². The van der Waals surface area contributed by atoms with Crippen LogP contribution in [-0.4, -0.2) is 34.3 Å². The Bertz CT molecular complexity index is 893. The van der Waals surface area contributed by atoms with Crippen molar-refractivity contribution in [2.24, 2.45) is 5.92 Å². The van der Waals surface area contributed by atoms with Gasteiger partial charge in [-0.05, 0) is 44.2 Å². The zero-order valence-electron chi connectivity index (χ0n) is 17.2. The zero-order valence-corrected chi connectivity index (χ0v) is 18.0. The van der Waals surface area contributed by atoms with Crippen molar-refractivity contribution in [3.63, 3.8) is 0 Å². The minimum absolute atomic E-state index is 0.164. The largest absolute Gasteiger partial charge is 0.452 e. The molecule has 1 amide bonds. The Morgan fingerprint density at radius 2 is 1.97 bits per heavy atom. The van der Waals surface area contributed by atoms with Crippen LogP contribution in [0.5, 0.6) is 0 Å². The topological polar surface area (TPSA) is 73.2 Å².